The Labute approximate surface area is 177 Å². The number of nitrogens with one attached hydrogen (secondary N) is 1. The van der Waals surface area contributed by atoms with Crippen LogP contribution in [-0.4, -0.2) is 45.4 Å². The van der Waals surface area contributed by atoms with Crippen molar-refractivity contribution in [2.45, 2.75) is 33.4 Å². The fourth-order valence-corrected chi connectivity index (χ4v) is 3.19. The highest BCUT2D eigenvalue weighted by Crippen LogP contribution is 2.29. The summed E-state index contributed by atoms with van der Waals surface area (Å²) in [5.74, 6) is 1.19. The lowest BCUT2D eigenvalue weighted by Crippen LogP contribution is -2.39. The minimum atomic E-state index is -3.62. The SMILES string of the molecule is CCS(=O)(=O)Oc1cccc(CN(C(=O)Nc2ccc(OC)cc2OC)C(C)C)c1. The molecular weight excluding hydrogens is 408 g/mol. The van der Waals surface area contributed by atoms with Gasteiger partial charge in [0.2, 0.25) is 0 Å². The second-order valence-electron chi connectivity index (χ2n) is 6.80. The largest absolute Gasteiger partial charge is 0.497 e. The third kappa shape index (κ3) is 6.28. The number of carbonyl (C=O) groups is 1. The van der Waals surface area contributed by atoms with E-state index in [1.54, 1.807) is 48.4 Å². The number of nitrogens with zero attached hydrogens (tertiary/aromatic N) is 1. The van der Waals surface area contributed by atoms with Crippen molar-refractivity contribution in [2.75, 3.05) is 25.3 Å². The Morgan fingerprint density at radius 1 is 1.07 bits per heavy atom. The van der Waals surface area contributed by atoms with Gasteiger partial charge in [-0.1, -0.05) is 12.1 Å². The molecule has 0 aliphatic heterocycles. The quantitative estimate of drug-likeness (QED) is 0.600. The van der Waals surface area contributed by atoms with Crippen LogP contribution >= 0.6 is 0 Å². The van der Waals surface area contributed by atoms with Crippen LogP contribution in [-0.2, 0) is 16.7 Å². The molecule has 0 heterocycles. The van der Waals surface area contributed by atoms with E-state index >= 15 is 0 Å². The molecule has 9 heteroatoms. The first-order chi connectivity index (χ1) is 14.2. The van der Waals surface area contributed by atoms with Gasteiger partial charge in [-0.3, -0.25) is 0 Å². The van der Waals surface area contributed by atoms with Crippen molar-refractivity contribution in [1.82, 2.24) is 4.90 Å². The van der Waals surface area contributed by atoms with Crippen LogP contribution in [0, 0.1) is 0 Å². The second-order valence-corrected chi connectivity index (χ2v) is 8.65. The molecule has 2 aromatic rings. The third-order valence-corrected chi connectivity index (χ3v) is 5.52. The van der Waals surface area contributed by atoms with Gasteiger partial charge in [-0.2, -0.15) is 8.42 Å². The lowest BCUT2D eigenvalue weighted by Gasteiger charge is -2.27. The van der Waals surface area contributed by atoms with Gasteiger partial charge in [-0.05, 0) is 50.6 Å². The van der Waals surface area contributed by atoms with Gasteiger partial charge in [0.15, 0.2) is 0 Å². The van der Waals surface area contributed by atoms with Gasteiger partial charge in [0.1, 0.15) is 17.2 Å². The molecule has 0 saturated heterocycles. The number of hydrogen-bond acceptors (Lipinski definition) is 6. The van der Waals surface area contributed by atoms with Crippen molar-refractivity contribution in [3.63, 3.8) is 0 Å². The Bertz CT molecular complexity index is 975. The molecule has 0 bridgehead atoms. The minimum Gasteiger partial charge on any atom is -0.497 e. The molecule has 0 saturated carbocycles. The molecule has 0 aliphatic carbocycles. The number of amides is 2. The van der Waals surface area contributed by atoms with Crippen molar-refractivity contribution in [3.05, 3.63) is 48.0 Å². The van der Waals surface area contributed by atoms with Gasteiger partial charge in [-0.15, -0.1) is 0 Å². The summed E-state index contributed by atoms with van der Waals surface area (Å²) in [6.45, 7) is 5.57. The summed E-state index contributed by atoms with van der Waals surface area (Å²) in [7, 11) is -0.555. The maximum atomic E-state index is 12.9. The summed E-state index contributed by atoms with van der Waals surface area (Å²) in [6, 6.07) is 11.4. The lowest BCUT2D eigenvalue weighted by molar-refractivity contribution is 0.193. The number of hydrogen-bond donors (Lipinski definition) is 1. The van der Waals surface area contributed by atoms with Crippen LogP contribution in [0.2, 0.25) is 0 Å². The van der Waals surface area contributed by atoms with Crippen LogP contribution in [0.5, 0.6) is 17.2 Å². The predicted molar refractivity (Wildman–Crippen MR) is 116 cm³/mol. The highest BCUT2D eigenvalue weighted by Gasteiger charge is 2.20. The molecule has 0 aromatic heterocycles. The van der Waals surface area contributed by atoms with E-state index in [1.807, 2.05) is 19.9 Å². The molecule has 0 atom stereocenters. The number of ether oxygens (including phenoxy) is 2. The molecule has 0 aliphatic rings. The van der Waals surface area contributed by atoms with Crippen molar-refractivity contribution < 1.29 is 26.9 Å². The van der Waals surface area contributed by atoms with E-state index < -0.39 is 10.1 Å². The van der Waals surface area contributed by atoms with Crippen LogP contribution in [0.15, 0.2) is 42.5 Å². The number of methoxy groups -OCH3 is 2. The van der Waals surface area contributed by atoms with E-state index in [0.29, 0.717) is 17.2 Å². The van der Waals surface area contributed by atoms with Crippen LogP contribution in [0.25, 0.3) is 0 Å². The average molecular weight is 437 g/mol. The van der Waals surface area contributed by atoms with Crippen LogP contribution in [0.4, 0.5) is 10.5 Å². The molecule has 0 unspecified atom stereocenters. The number of benzene rings is 2. The second kappa shape index (κ2) is 10.2. The molecule has 1 N–H and O–H groups in total. The fraction of sp³-hybridized carbons (Fsp3) is 0.381. The third-order valence-electron chi connectivity index (χ3n) is 4.36. The minimum absolute atomic E-state index is 0.113. The maximum Gasteiger partial charge on any atom is 0.322 e. The van der Waals surface area contributed by atoms with E-state index in [-0.39, 0.29) is 30.1 Å². The van der Waals surface area contributed by atoms with Gasteiger partial charge < -0.3 is 23.9 Å². The Morgan fingerprint density at radius 2 is 1.80 bits per heavy atom. The summed E-state index contributed by atoms with van der Waals surface area (Å²) in [4.78, 5) is 14.6. The normalized spacial score (nSPS) is 11.1. The maximum absolute atomic E-state index is 12.9. The number of anilines is 1. The molecule has 0 radical (unpaired) electrons. The highest BCUT2D eigenvalue weighted by molar-refractivity contribution is 7.87. The molecule has 8 nitrogen and oxygen atoms in total. The van der Waals surface area contributed by atoms with Gasteiger partial charge in [0.25, 0.3) is 0 Å². The smallest absolute Gasteiger partial charge is 0.322 e. The summed E-state index contributed by atoms with van der Waals surface area (Å²) in [5.41, 5.74) is 1.25. The number of carbonyl (C=O) groups excluding carboxylic acids is 1. The summed E-state index contributed by atoms with van der Waals surface area (Å²) >= 11 is 0. The fourth-order valence-electron chi connectivity index (χ4n) is 2.68. The van der Waals surface area contributed by atoms with E-state index in [0.717, 1.165) is 5.56 Å². The van der Waals surface area contributed by atoms with Crippen molar-refractivity contribution in [2.24, 2.45) is 0 Å². The Morgan fingerprint density at radius 3 is 2.40 bits per heavy atom. The van der Waals surface area contributed by atoms with Crippen LogP contribution in [0.1, 0.15) is 26.3 Å². The number of urea groups is 1. The van der Waals surface area contributed by atoms with Crippen molar-refractivity contribution in [1.29, 1.82) is 0 Å². The zero-order valence-electron chi connectivity index (χ0n) is 17.8. The van der Waals surface area contributed by atoms with E-state index in [2.05, 4.69) is 5.32 Å². The Balaban J connectivity index is 2.19. The zero-order chi connectivity index (χ0) is 22.3. The molecule has 2 rings (SSSR count). The molecule has 0 spiro atoms. The molecule has 0 fully saturated rings. The van der Waals surface area contributed by atoms with Crippen LogP contribution < -0.4 is 19.0 Å². The first kappa shape index (κ1) is 23.3. The molecule has 30 heavy (non-hydrogen) atoms. The van der Waals surface area contributed by atoms with Gasteiger partial charge in [-0.25, -0.2) is 4.79 Å². The Hall–Kier alpha value is -2.94. The van der Waals surface area contributed by atoms with Gasteiger partial charge in [0, 0.05) is 18.7 Å². The molecular formula is C21H28N2O6S. The lowest BCUT2D eigenvalue weighted by atomic mass is 10.2. The summed E-state index contributed by atoms with van der Waals surface area (Å²) < 4.78 is 39.0. The standard InChI is InChI=1S/C21H28N2O6S/c1-6-30(25,26)29-18-9-7-8-16(12-18)14-23(15(2)3)21(24)22-19-11-10-17(27-4)13-20(19)28-5/h7-13,15H,6,14H2,1-5H3,(H,22,24). The highest BCUT2D eigenvalue weighted by atomic mass is 32.2. The van der Waals surface area contributed by atoms with Crippen LogP contribution in [0.3, 0.4) is 0 Å². The number of rotatable bonds is 9. The Kier molecular flexibility index (Phi) is 7.93. The average Bonchev–Trinajstić information content (AvgIpc) is 2.72. The topological polar surface area (TPSA) is 94.2 Å². The van der Waals surface area contributed by atoms with E-state index in [1.165, 1.54) is 14.0 Å². The predicted octanol–water partition coefficient (Wildman–Crippen LogP) is 3.87. The molecule has 2 amide bonds. The van der Waals surface area contributed by atoms with E-state index in [9.17, 15) is 13.2 Å². The zero-order valence-corrected chi connectivity index (χ0v) is 18.7. The van der Waals surface area contributed by atoms with Gasteiger partial charge in [0.05, 0.1) is 25.7 Å². The molecule has 164 valence electrons. The van der Waals surface area contributed by atoms with Gasteiger partial charge >= 0.3 is 16.1 Å². The van der Waals surface area contributed by atoms with E-state index in [4.69, 9.17) is 13.7 Å². The van der Waals surface area contributed by atoms with Crippen molar-refractivity contribution in [3.8, 4) is 17.2 Å². The molecule has 2 aromatic carbocycles. The first-order valence-electron chi connectivity index (χ1n) is 9.49. The van der Waals surface area contributed by atoms with Crippen molar-refractivity contribution >= 4 is 21.8 Å². The summed E-state index contributed by atoms with van der Waals surface area (Å²) in [6.07, 6.45) is 0. The first-order valence-corrected chi connectivity index (χ1v) is 11.1. The monoisotopic (exact) mass is 436 g/mol. The summed E-state index contributed by atoms with van der Waals surface area (Å²) in [5, 5.41) is 2.86.